The molecule has 0 fully saturated rings. The fraction of sp³-hybridized carbons (Fsp3) is 0. The van der Waals surface area contributed by atoms with Crippen molar-refractivity contribution in [2.45, 2.75) is 4.90 Å². The number of benzene rings is 1. The molecule has 58 valence electrons. The average Bonchev–Trinajstić information content (AvgIpc) is 2.24. The summed E-state index contributed by atoms with van der Waals surface area (Å²) in [6.07, 6.45) is 0. The van der Waals surface area contributed by atoms with Crippen LogP contribution in [-0.2, 0) is 12.6 Å². The molecule has 0 spiro atoms. The Morgan fingerprint density at radius 1 is 1.06 bits per heavy atom. The number of carbonyl (C=O) groups is 1. The van der Waals surface area contributed by atoms with Crippen molar-refractivity contribution in [1.82, 2.24) is 0 Å². The molecule has 10 heteroatoms. The Bertz CT molecular complexity index is 280. The normalized spacial score (nSPS) is 6.35. The van der Waals surface area contributed by atoms with Crippen LogP contribution < -0.4 is 159 Å². The van der Waals surface area contributed by atoms with E-state index in [1.165, 1.54) is 132 Å². The molecule has 1 aromatic rings. The molecule has 0 radical (unpaired) electrons. The second-order valence-electron chi connectivity index (χ2n) is 1.78. The number of hydrogen-bond donors (Lipinski definition) is 0. The Morgan fingerprint density at radius 3 is 1.65 bits per heavy atom. The predicted molar refractivity (Wildman–Crippen MR) is 60.5 cm³/mol. The first-order valence-corrected chi connectivity index (χ1v) is 37.1. The number of aromatic carboxylic acids is 1. The Hall–Kier alpha value is 10.4. The van der Waals surface area contributed by atoms with Gasteiger partial charge in [-0.3, -0.25) is 0 Å². The molecule has 0 aromatic heterocycles. The molecule has 0 atom stereocenters. The summed E-state index contributed by atoms with van der Waals surface area (Å²) in [7, 11) is 0. The van der Waals surface area contributed by atoms with Gasteiger partial charge in [-0.15, -0.1) is 0 Å². The molecule has 0 N–H and O–H groups in total. The van der Waals surface area contributed by atoms with Crippen LogP contribution in [0.5, 0.6) is 0 Å². The summed E-state index contributed by atoms with van der Waals surface area (Å²) in [5, 5.41) is 10.2. The molecular formula is C7H5K7O2S. The molecule has 0 aliphatic heterocycles. The maximum absolute atomic E-state index is 10.2. The monoisotopic (exact) mass is 426 g/mol. The van der Waals surface area contributed by atoms with Crippen LogP contribution in [0.4, 0.5) is 0 Å². The van der Waals surface area contributed by atoms with Crippen molar-refractivity contribution in [2.75, 3.05) is 0 Å². The van der Waals surface area contributed by atoms with E-state index in [4.69, 9.17) is 12.6 Å². The van der Waals surface area contributed by atoms with E-state index in [1.54, 1.807) is 18.2 Å². The summed E-state index contributed by atoms with van der Waals surface area (Å²) in [6, 6.07) is 6.29. The van der Waals surface area contributed by atoms with Crippen LogP contribution >= 0.6 is 0 Å². The fourth-order valence-corrected chi connectivity index (χ4v) is 0.865. The average molecular weight is 427 g/mol. The first-order chi connectivity index (χ1) is 6.72. The molecular weight excluding hydrogens is 422 g/mol. The third-order valence-corrected chi connectivity index (χ3v) is 1.46. The van der Waals surface area contributed by atoms with Gasteiger partial charge in [0.25, 0.3) is 0 Å². The summed E-state index contributed by atoms with van der Waals surface area (Å²) in [6.45, 7) is 0. The molecule has 0 heterocycles. The first-order valence-electron chi connectivity index (χ1n) is 4.69. The van der Waals surface area contributed by atoms with Gasteiger partial charge in [-0.05, 0) is 5.56 Å². The van der Waals surface area contributed by atoms with Crippen LogP contribution in [0.3, 0.4) is 0 Å². The molecule has 0 saturated heterocycles. The van der Waals surface area contributed by atoms with Gasteiger partial charge in [0.1, 0.15) is 0 Å². The Kier molecular flexibility index (Phi) is 69.5. The van der Waals surface area contributed by atoms with E-state index in [9.17, 15) is 9.90 Å². The Morgan fingerprint density at radius 2 is 1.41 bits per heavy atom. The van der Waals surface area contributed by atoms with Gasteiger partial charge in [0.15, 0.2) is 0 Å². The topological polar surface area (TPSA) is 40.1 Å². The van der Waals surface area contributed by atoms with Gasteiger partial charge in [0.2, 0.25) is 0 Å². The summed E-state index contributed by atoms with van der Waals surface area (Å²) in [5.74, 6) is -1.22. The third-order valence-electron chi connectivity index (χ3n) is 1.11. The van der Waals surface area contributed by atoms with Crippen LogP contribution in [0.1, 0.15) is 11.8 Å². The molecule has 1 rings (SSSR count). The van der Waals surface area contributed by atoms with E-state index in [0.29, 0.717) is 4.90 Å². The zero-order valence-electron chi connectivity index (χ0n) is 13.0. The SMILES string of the molecule is O=C([O-])c1ccccc1[S-].[H-].[K+].[K+].[K+].[K][K].[K][K]. The summed E-state index contributed by atoms with van der Waals surface area (Å²) in [4.78, 5) is 10.6. The standard InChI is InChI=1S/C7H6O2S.7K.H/c8-7(9)5-3-1-2-4-6(5)10;;;;;;;;/h1-4,10H,(H,8,9);;;;;;;;/q;;;;;3*+1;-1/p-2. The Balaban J connectivity index is -0.0000000412. The number of carboxylic acids is 1. The first kappa shape index (κ1) is 38.0. The van der Waals surface area contributed by atoms with Crippen molar-refractivity contribution in [2.24, 2.45) is 0 Å². The minimum absolute atomic E-state index is 0. The van der Waals surface area contributed by atoms with Crippen molar-refractivity contribution in [1.29, 1.82) is 0 Å². The van der Waals surface area contributed by atoms with Crippen LogP contribution in [0.15, 0.2) is 29.2 Å². The van der Waals surface area contributed by atoms with Gasteiger partial charge in [-0.2, -0.15) is 4.90 Å². The number of rotatable bonds is 1. The van der Waals surface area contributed by atoms with E-state index in [1.807, 2.05) is 0 Å². The van der Waals surface area contributed by atoms with Crippen LogP contribution in [0.25, 0.3) is 0 Å². The van der Waals surface area contributed by atoms with Gasteiger partial charge in [-0.1, -0.05) is 24.3 Å². The van der Waals surface area contributed by atoms with E-state index in [-0.39, 0.29) is 161 Å². The van der Waals surface area contributed by atoms with Gasteiger partial charge >= 0.3 is 280 Å². The van der Waals surface area contributed by atoms with Crippen LogP contribution in [0.2, 0.25) is 0 Å². The van der Waals surface area contributed by atoms with Crippen molar-refractivity contribution < 1.29 is 165 Å². The van der Waals surface area contributed by atoms with Gasteiger partial charge < -0.3 is 24.0 Å². The summed E-state index contributed by atoms with van der Waals surface area (Å²) >= 11 is 9.71. The van der Waals surface area contributed by atoms with Crippen molar-refractivity contribution >= 4 is 145 Å². The van der Waals surface area contributed by atoms with Gasteiger partial charge in [0, 0.05) is 0 Å². The molecule has 0 unspecified atom stereocenters. The molecule has 0 amide bonds. The number of hydrogen-bond acceptors (Lipinski definition) is 3. The van der Waals surface area contributed by atoms with Crippen molar-refractivity contribution in [3.63, 3.8) is 0 Å². The quantitative estimate of drug-likeness (QED) is 0.331. The molecule has 17 heavy (non-hydrogen) atoms. The molecule has 0 saturated carbocycles. The van der Waals surface area contributed by atoms with E-state index >= 15 is 0 Å². The maximum atomic E-state index is 10.2. The van der Waals surface area contributed by atoms with Gasteiger partial charge in [0.05, 0.1) is 5.97 Å². The van der Waals surface area contributed by atoms with Gasteiger partial charge in [-0.25, -0.2) is 0 Å². The molecule has 0 aliphatic carbocycles. The third kappa shape index (κ3) is 24.3. The van der Waals surface area contributed by atoms with Crippen molar-refractivity contribution in [3.8, 4) is 0 Å². The summed E-state index contributed by atoms with van der Waals surface area (Å²) in [5.41, 5.74) is 0.0810. The van der Waals surface area contributed by atoms with Crippen LogP contribution in [-0.4, -0.2) is 132 Å². The summed E-state index contributed by atoms with van der Waals surface area (Å²) < 4.78 is 0. The minimum atomic E-state index is -1.22. The second-order valence-corrected chi connectivity index (χ2v) is 2.22. The zero-order valence-corrected chi connectivity index (χ0v) is 34.7. The number of carbonyl (C=O) groups excluding carboxylic acids is 1. The van der Waals surface area contributed by atoms with E-state index in [2.05, 4.69) is 0 Å². The number of carboxylic acid groups (broad SMARTS) is 1. The molecule has 1 aromatic carbocycles. The van der Waals surface area contributed by atoms with Crippen molar-refractivity contribution in [3.05, 3.63) is 29.8 Å². The second kappa shape index (κ2) is 31.1. The Labute approximate surface area is 329 Å². The fourth-order valence-electron chi connectivity index (χ4n) is 0.635. The molecule has 0 bridgehead atoms. The zero-order chi connectivity index (χ0) is 11.6. The molecule has 2 nitrogen and oxygen atoms in total. The van der Waals surface area contributed by atoms with Crippen LogP contribution in [0, 0.1) is 0 Å². The predicted octanol–water partition coefficient (Wildman–Crippen LogP) is -10.4. The van der Waals surface area contributed by atoms with E-state index in [0.717, 1.165) is 0 Å². The van der Waals surface area contributed by atoms with E-state index < -0.39 is 5.97 Å². The molecule has 0 aliphatic rings.